The maximum absolute atomic E-state index is 12.0. The molecule has 3 N–H and O–H groups in total. The van der Waals surface area contributed by atoms with Gasteiger partial charge in [0, 0.05) is 12.1 Å². The highest BCUT2D eigenvalue weighted by Crippen LogP contribution is 2.19. The Hall–Kier alpha value is -0.910. The highest BCUT2D eigenvalue weighted by Gasteiger charge is 2.23. The first-order valence-electron chi connectivity index (χ1n) is 5.91. The van der Waals surface area contributed by atoms with Crippen molar-refractivity contribution in [2.45, 2.75) is 42.7 Å². The van der Waals surface area contributed by atoms with Crippen LogP contribution in [0.4, 0.5) is 0 Å². The molecule has 1 fully saturated rings. The first-order valence-corrected chi connectivity index (χ1v) is 7.39. The van der Waals surface area contributed by atoms with Crippen molar-refractivity contribution in [3.63, 3.8) is 0 Å². The minimum Gasteiger partial charge on any atom is -0.328 e. The zero-order valence-corrected chi connectivity index (χ0v) is 10.5. The number of sulfonamides is 1. The monoisotopic (exact) mass is 254 g/mol. The Bertz CT molecular complexity index is 451. The molecule has 5 heteroatoms. The predicted molar refractivity (Wildman–Crippen MR) is 67.0 cm³/mol. The van der Waals surface area contributed by atoms with Gasteiger partial charge in [0.15, 0.2) is 0 Å². The first-order chi connectivity index (χ1) is 8.08. The van der Waals surface area contributed by atoms with Gasteiger partial charge in [-0.15, -0.1) is 0 Å². The lowest BCUT2D eigenvalue weighted by molar-refractivity contribution is 0.373. The van der Waals surface area contributed by atoms with Gasteiger partial charge in [-0.2, -0.15) is 0 Å². The number of benzene rings is 1. The average molecular weight is 254 g/mol. The van der Waals surface area contributed by atoms with E-state index in [2.05, 4.69) is 4.72 Å². The van der Waals surface area contributed by atoms with Crippen LogP contribution in [0.25, 0.3) is 0 Å². The van der Waals surface area contributed by atoms with Gasteiger partial charge in [0.1, 0.15) is 0 Å². The van der Waals surface area contributed by atoms with Gasteiger partial charge < -0.3 is 5.73 Å². The summed E-state index contributed by atoms with van der Waals surface area (Å²) in [5.74, 6) is 0. The van der Waals surface area contributed by atoms with Crippen LogP contribution >= 0.6 is 0 Å². The summed E-state index contributed by atoms with van der Waals surface area (Å²) in [6.07, 6.45) is 3.43. The predicted octanol–water partition coefficient (Wildman–Crippen LogP) is 1.23. The van der Waals surface area contributed by atoms with E-state index in [-0.39, 0.29) is 12.1 Å². The Balaban J connectivity index is 2.03. The molecule has 4 nitrogen and oxygen atoms in total. The maximum Gasteiger partial charge on any atom is 0.240 e. The van der Waals surface area contributed by atoms with Crippen molar-refractivity contribution >= 4 is 10.0 Å². The van der Waals surface area contributed by atoms with E-state index in [0.717, 1.165) is 25.7 Å². The van der Waals surface area contributed by atoms with Crippen LogP contribution in [0.5, 0.6) is 0 Å². The summed E-state index contributed by atoms with van der Waals surface area (Å²) < 4.78 is 26.8. The van der Waals surface area contributed by atoms with Gasteiger partial charge in [0.25, 0.3) is 0 Å². The fraction of sp³-hybridized carbons (Fsp3) is 0.500. The third-order valence-corrected chi connectivity index (χ3v) is 4.68. The van der Waals surface area contributed by atoms with Crippen molar-refractivity contribution < 1.29 is 8.42 Å². The van der Waals surface area contributed by atoms with E-state index >= 15 is 0 Å². The number of hydrogen-bond acceptors (Lipinski definition) is 3. The van der Waals surface area contributed by atoms with Crippen LogP contribution in [0.2, 0.25) is 0 Å². The van der Waals surface area contributed by atoms with Crippen LogP contribution in [0, 0.1) is 0 Å². The lowest BCUT2D eigenvalue weighted by atomic mass is 9.93. The second kappa shape index (κ2) is 5.16. The molecule has 94 valence electrons. The van der Waals surface area contributed by atoms with E-state index in [1.807, 2.05) is 0 Å². The normalized spacial score (nSPS) is 25.7. The van der Waals surface area contributed by atoms with Crippen molar-refractivity contribution in [3.8, 4) is 0 Å². The van der Waals surface area contributed by atoms with E-state index < -0.39 is 10.0 Å². The molecule has 17 heavy (non-hydrogen) atoms. The largest absolute Gasteiger partial charge is 0.328 e. The Morgan fingerprint density at radius 3 is 2.24 bits per heavy atom. The summed E-state index contributed by atoms with van der Waals surface area (Å²) in [7, 11) is -3.37. The van der Waals surface area contributed by atoms with Crippen LogP contribution in [0.15, 0.2) is 35.2 Å². The molecule has 0 heterocycles. The molecule has 1 aliphatic rings. The van der Waals surface area contributed by atoms with E-state index in [4.69, 9.17) is 5.73 Å². The standard InChI is InChI=1S/C12H18N2O2S/c13-10-6-8-11(9-7-10)14-17(15,16)12-4-2-1-3-5-12/h1-5,10-11,14H,6-9,13H2. The number of nitrogens with two attached hydrogens (primary N) is 1. The van der Waals surface area contributed by atoms with Gasteiger partial charge in [0.2, 0.25) is 10.0 Å². The number of hydrogen-bond donors (Lipinski definition) is 2. The average Bonchev–Trinajstić information content (AvgIpc) is 2.33. The van der Waals surface area contributed by atoms with Gasteiger partial charge in [-0.25, -0.2) is 13.1 Å². The molecule has 2 rings (SSSR count). The van der Waals surface area contributed by atoms with Gasteiger partial charge in [-0.05, 0) is 37.8 Å². The minimum atomic E-state index is -3.37. The van der Waals surface area contributed by atoms with Gasteiger partial charge in [-0.1, -0.05) is 18.2 Å². The van der Waals surface area contributed by atoms with E-state index in [0.29, 0.717) is 4.90 Å². The highest BCUT2D eigenvalue weighted by atomic mass is 32.2. The molecule has 1 saturated carbocycles. The molecule has 1 aromatic carbocycles. The Morgan fingerprint density at radius 2 is 1.65 bits per heavy atom. The molecular weight excluding hydrogens is 236 g/mol. The smallest absolute Gasteiger partial charge is 0.240 e. The SMILES string of the molecule is NC1CCC(NS(=O)(=O)c2ccccc2)CC1. The first kappa shape index (κ1) is 12.5. The fourth-order valence-electron chi connectivity index (χ4n) is 2.12. The molecule has 0 radical (unpaired) electrons. The topological polar surface area (TPSA) is 72.2 Å². The number of nitrogens with one attached hydrogen (secondary N) is 1. The summed E-state index contributed by atoms with van der Waals surface area (Å²) >= 11 is 0. The second-order valence-corrected chi connectivity index (χ2v) is 6.26. The van der Waals surface area contributed by atoms with Crippen LogP contribution in [0.1, 0.15) is 25.7 Å². The van der Waals surface area contributed by atoms with Crippen molar-refractivity contribution in [3.05, 3.63) is 30.3 Å². The Labute approximate surface area is 102 Å². The summed E-state index contributed by atoms with van der Waals surface area (Å²) in [5.41, 5.74) is 5.79. The molecule has 0 unspecified atom stereocenters. The molecule has 1 aromatic rings. The van der Waals surface area contributed by atoms with Crippen LogP contribution < -0.4 is 10.5 Å². The summed E-state index contributed by atoms with van der Waals surface area (Å²) in [5, 5.41) is 0. The van der Waals surface area contributed by atoms with E-state index in [1.165, 1.54) is 0 Å². The molecule has 1 aliphatic carbocycles. The molecule has 0 atom stereocenters. The summed E-state index contributed by atoms with van der Waals surface area (Å²) in [4.78, 5) is 0.329. The lowest BCUT2D eigenvalue weighted by Crippen LogP contribution is -2.40. The molecule has 0 aromatic heterocycles. The summed E-state index contributed by atoms with van der Waals surface area (Å²) in [6, 6.07) is 8.73. The fourth-order valence-corrected chi connectivity index (χ4v) is 3.45. The highest BCUT2D eigenvalue weighted by molar-refractivity contribution is 7.89. The van der Waals surface area contributed by atoms with Gasteiger partial charge in [-0.3, -0.25) is 0 Å². The lowest BCUT2D eigenvalue weighted by Gasteiger charge is -2.26. The quantitative estimate of drug-likeness (QED) is 0.852. The summed E-state index contributed by atoms with van der Waals surface area (Å²) in [6.45, 7) is 0. The third kappa shape index (κ3) is 3.28. The molecule has 0 bridgehead atoms. The maximum atomic E-state index is 12.0. The molecular formula is C12H18N2O2S. The molecule has 0 spiro atoms. The number of rotatable bonds is 3. The minimum absolute atomic E-state index is 0.0278. The Kier molecular flexibility index (Phi) is 3.81. The zero-order chi connectivity index (χ0) is 12.3. The van der Waals surface area contributed by atoms with E-state index in [9.17, 15) is 8.42 Å². The van der Waals surface area contributed by atoms with Crippen molar-refractivity contribution in [2.75, 3.05) is 0 Å². The molecule has 0 saturated heterocycles. The van der Waals surface area contributed by atoms with Crippen molar-refractivity contribution in [1.29, 1.82) is 0 Å². The van der Waals surface area contributed by atoms with Crippen molar-refractivity contribution in [1.82, 2.24) is 4.72 Å². The Morgan fingerprint density at radius 1 is 1.06 bits per heavy atom. The molecule has 0 aliphatic heterocycles. The second-order valence-electron chi connectivity index (χ2n) is 4.55. The van der Waals surface area contributed by atoms with Crippen LogP contribution in [-0.2, 0) is 10.0 Å². The molecule has 0 amide bonds. The van der Waals surface area contributed by atoms with E-state index in [1.54, 1.807) is 30.3 Å². The van der Waals surface area contributed by atoms with Crippen LogP contribution in [0.3, 0.4) is 0 Å². The zero-order valence-electron chi connectivity index (χ0n) is 9.67. The third-order valence-electron chi connectivity index (χ3n) is 3.15. The van der Waals surface area contributed by atoms with Crippen LogP contribution in [-0.4, -0.2) is 20.5 Å². The van der Waals surface area contributed by atoms with Crippen molar-refractivity contribution in [2.24, 2.45) is 5.73 Å². The van der Waals surface area contributed by atoms with Gasteiger partial charge in [0.05, 0.1) is 4.90 Å². The van der Waals surface area contributed by atoms with Gasteiger partial charge >= 0.3 is 0 Å².